The van der Waals surface area contributed by atoms with Gasteiger partial charge in [-0.15, -0.1) is 0 Å². The molecule has 0 fully saturated rings. The number of rotatable bonds is 2. The Kier molecular flexibility index (Phi) is 2.44. The van der Waals surface area contributed by atoms with Crippen LogP contribution in [0.1, 0.15) is 11.3 Å². The van der Waals surface area contributed by atoms with Gasteiger partial charge in [0.15, 0.2) is 0 Å². The van der Waals surface area contributed by atoms with Gasteiger partial charge in [-0.1, -0.05) is 0 Å². The maximum absolute atomic E-state index is 5.47. The summed E-state index contributed by atoms with van der Waals surface area (Å²) in [5, 5.41) is 4.57. The Morgan fingerprint density at radius 1 is 1.18 bits per heavy atom. The van der Waals surface area contributed by atoms with Crippen molar-refractivity contribution in [1.82, 2.24) is 10.3 Å². The van der Waals surface area contributed by atoms with Gasteiger partial charge in [-0.25, -0.2) is 0 Å². The molecule has 1 aliphatic rings. The molecule has 1 aliphatic heterocycles. The van der Waals surface area contributed by atoms with E-state index in [9.17, 15) is 0 Å². The molecule has 0 unspecified atom stereocenters. The van der Waals surface area contributed by atoms with E-state index in [-0.39, 0.29) is 0 Å². The second kappa shape index (κ2) is 3.96. The summed E-state index contributed by atoms with van der Waals surface area (Å²) < 4.78 is 10.7. The molecule has 17 heavy (non-hydrogen) atoms. The Morgan fingerprint density at radius 3 is 2.82 bits per heavy atom. The Balaban J connectivity index is 2.29. The predicted octanol–water partition coefficient (Wildman–Crippen LogP) is 1.83. The van der Waals surface area contributed by atoms with Crippen molar-refractivity contribution in [2.24, 2.45) is 0 Å². The summed E-state index contributed by atoms with van der Waals surface area (Å²) in [6.45, 7) is 1.93. The smallest absolute Gasteiger partial charge is 0.132 e. The Hall–Kier alpha value is -1.68. The molecule has 0 radical (unpaired) electrons. The molecule has 0 saturated heterocycles. The van der Waals surface area contributed by atoms with Crippen LogP contribution in [0.25, 0.3) is 10.9 Å². The van der Waals surface area contributed by atoms with E-state index >= 15 is 0 Å². The lowest BCUT2D eigenvalue weighted by Gasteiger charge is -2.13. The van der Waals surface area contributed by atoms with E-state index in [4.69, 9.17) is 9.47 Å². The largest absolute Gasteiger partial charge is 0.497 e. The van der Waals surface area contributed by atoms with Crippen LogP contribution in [0.3, 0.4) is 0 Å². The standard InChI is InChI=1S/C13H16N2O2/c1-16-8-5-11-13(12(6-8)17-2)9-7-14-4-3-10(9)15-11/h5-6,14-15H,3-4,7H2,1-2H3. The summed E-state index contributed by atoms with van der Waals surface area (Å²) in [5.74, 6) is 1.70. The van der Waals surface area contributed by atoms with Crippen LogP contribution in [0.2, 0.25) is 0 Å². The van der Waals surface area contributed by atoms with Crippen LogP contribution in [-0.4, -0.2) is 25.7 Å². The van der Waals surface area contributed by atoms with Gasteiger partial charge in [0, 0.05) is 42.7 Å². The first-order valence-electron chi connectivity index (χ1n) is 5.79. The number of ether oxygens (including phenoxy) is 2. The van der Waals surface area contributed by atoms with Gasteiger partial charge in [0.05, 0.1) is 19.7 Å². The minimum Gasteiger partial charge on any atom is -0.497 e. The lowest BCUT2D eigenvalue weighted by atomic mass is 10.1. The first-order chi connectivity index (χ1) is 8.33. The topological polar surface area (TPSA) is 46.3 Å². The van der Waals surface area contributed by atoms with Crippen molar-refractivity contribution in [3.05, 3.63) is 23.4 Å². The normalized spacial score (nSPS) is 14.7. The highest BCUT2D eigenvalue weighted by Gasteiger charge is 2.18. The highest BCUT2D eigenvalue weighted by molar-refractivity contribution is 5.92. The Morgan fingerprint density at radius 2 is 2.06 bits per heavy atom. The number of hydrogen-bond donors (Lipinski definition) is 2. The van der Waals surface area contributed by atoms with E-state index in [0.29, 0.717) is 0 Å². The van der Waals surface area contributed by atoms with Gasteiger partial charge in [-0.3, -0.25) is 0 Å². The number of hydrogen-bond acceptors (Lipinski definition) is 3. The summed E-state index contributed by atoms with van der Waals surface area (Å²) in [6.07, 6.45) is 1.04. The van der Waals surface area contributed by atoms with Crippen LogP contribution in [0.5, 0.6) is 11.5 Å². The molecule has 1 aromatic carbocycles. The van der Waals surface area contributed by atoms with E-state index < -0.39 is 0 Å². The SMILES string of the molecule is COc1cc(OC)c2c3c([nH]c2c1)CCNC3. The predicted molar refractivity (Wildman–Crippen MR) is 66.8 cm³/mol. The van der Waals surface area contributed by atoms with Crippen molar-refractivity contribution in [3.63, 3.8) is 0 Å². The first-order valence-corrected chi connectivity index (χ1v) is 5.79. The minimum absolute atomic E-state index is 0.820. The van der Waals surface area contributed by atoms with Crippen molar-refractivity contribution in [2.75, 3.05) is 20.8 Å². The number of aromatic nitrogens is 1. The second-order valence-electron chi connectivity index (χ2n) is 4.26. The van der Waals surface area contributed by atoms with Crippen LogP contribution in [0, 0.1) is 0 Å². The molecule has 3 rings (SSSR count). The number of benzene rings is 1. The van der Waals surface area contributed by atoms with Crippen molar-refractivity contribution in [2.45, 2.75) is 13.0 Å². The van der Waals surface area contributed by atoms with Crippen LogP contribution >= 0.6 is 0 Å². The van der Waals surface area contributed by atoms with E-state index in [1.165, 1.54) is 16.6 Å². The molecule has 0 aliphatic carbocycles. The van der Waals surface area contributed by atoms with Gasteiger partial charge < -0.3 is 19.8 Å². The molecular formula is C13H16N2O2. The number of fused-ring (bicyclic) bond motifs is 3. The molecule has 0 spiro atoms. The molecule has 0 bridgehead atoms. The maximum Gasteiger partial charge on any atom is 0.132 e. The minimum atomic E-state index is 0.820. The van der Waals surface area contributed by atoms with Crippen LogP contribution in [0.4, 0.5) is 0 Å². The van der Waals surface area contributed by atoms with Crippen LogP contribution in [0.15, 0.2) is 12.1 Å². The van der Waals surface area contributed by atoms with Gasteiger partial charge in [-0.05, 0) is 5.56 Å². The van der Waals surface area contributed by atoms with E-state index in [0.717, 1.165) is 36.5 Å². The fraction of sp³-hybridized carbons (Fsp3) is 0.385. The van der Waals surface area contributed by atoms with Crippen molar-refractivity contribution >= 4 is 10.9 Å². The fourth-order valence-corrected chi connectivity index (χ4v) is 2.50. The third-order valence-corrected chi connectivity index (χ3v) is 3.34. The summed E-state index contributed by atoms with van der Waals surface area (Å²) in [6, 6.07) is 3.96. The zero-order chi connectivity index (χ0) is 11.8. The number of H-pyrrole nitrogens is 1. The molecule has 4 heteroatoms. The van der Waals surface area contributed by atoms with Crippen LogP contribution < -0.4 is 14.8 Å². The van der Waals surface area contributed by atoms with Crippen molar-refractivity contribution in [3.8, 4) is 11.5 Å². The monoisotopic (exact) mass is 232 g/mol. The third kappa shape index (κ3) is 1.56. The van der Waals surface area contributed by atoms with E-state index in [1.54, 1.807) is 14.2 Å². The van der Waals surface area contributed by atoms with E-state index in [2.05, 4.69) is 10.3 Å². The van der Waals surface area contributed by atoms with Gasteiger partial charge in [0.25, 0.3) is 0 Å². The molecule has 0 saturated carbocycles. The number of aromatic amines is 1. The molecule has 0 atom stereocenters. The van der Waals surface area contributed by atoms with Gasteiger partial charge >= 0.3 is 0 Å². The maximum atomic E-state index is 5.47. The molecule has 1 aromatic heterocycles. The van der Waals surface area contributed by atoms with Gasteiger partial charge in [0.1, 0.15) is 11.5 Å². The molecule has 2 aromatic rings. The van der Waals surface area contributed by atoms with Crippen LogP contribution in [-0.2, 0) is 13.0 Å². The Labute approximate surface area is 99.9 Å². The highest BCUT2D eigenvalue weighted by atomic mass is 16.5. The lowest BCUT2D eigenvalue weighted by molar-refractivity contribution is 0.397. The highest BCUT2D eigenvalue weighted by Crippen LogP contribution is 2.36. The van der Waals surface area contributed by atoms with Gasteiger partial charge in [0.2, 0.25) is 0 Å². The average molecular weight is 232 g/mol. The van der Waals surface area contributed by atoms with Gasteiger partial charge in [-0.2, -0.15) is 0 Å². The molecule has 90 valence electrons. The first kappa shape index (κ1) is 10.5. The molecule has 2 N–H and O–H groups in total. The van der Waals surface area contributed by atoms with Crippen molar-refractivity contribution in [1.29, 1.82) is 0 Å². The van der Waals surface area contributed by atoms with E-state index in [1.807, 2.05) is 12.1 Å². The fourth-order valence-electron chi connectivity index (χ4n) is 2.50. The quantitative estimate of drug-likeness (QED) is 0.830. The van der Waals surface area contributed by atoms with Crippen molar-refractivity contribution < 1.29 is 9.47 Å². The summed E-state index contributed by atoms with van der Waals surface area (Å²) in [5.41, 5.74) is 3.73. The lowest BCUT2D eigenvalue weighted by Crippen LogP contribution is -2.22. The summed E-state index contributed by atoms with van der Waals surface area (Å²) >= 11 is 0. The number of methoxy groups -OCH3 is 2. The Bertz CT molecular complexity index is 560. The summed E-state index contributed by atoms with van der Waals surface area (Å²) in [4.78, 5) is 3.47. The summed E-state index contributed by atoms with van der Waals surface area (Å²) in [7, 11) is 3.37. The zero-order valence-electron chi connectivity index (χ0n) is 10.1. The molecule has 0 amide bonds. The number of nitrogens with one attached hydrogen (secondary N) is 2. The molecule has 2 heterocycles. The second-order valence-corrected chi connectivity index (χ2v) is 4.26. The average Bonchev–Trinajstić information content (AvgIpc) is 2.75. The molecular weight excluding hydrogens is 216 g/mol. The zero-order valence-corrected chi connectivity index (χ0v) is 10.1. The third-order valence-electron chi connectivity index (χ3n) is 3.34. The molecule has 4 nitrogen and oxygen atoms in total.